The number of hydrogen-bond donors (Lipinski definition) is 2. The summed E-state index contributed by atoms with van der Waals surface area (Å²) in [7, 11) is 0. The van der Waals surface area contributed by atoms with E-state index in [4.69, 9.17) is 0 Å². The van der Waals surface area contributed by atoms with Gasteiger partial charge < -0.3 is 15.3 Å². The highest BCUT2D eigenvalue weighted by Gasteiger charge is 2.32. The molecule has 2 N–H and O–H groups in total. The normalized spacial score (nSPS) is 18.4. The van der Waals surface area contributed by atoms with Gasteiger partial charge >= 0.3 is 0 Å². The minimum absolute atomic E-state index is 0.0727. The maximum absolute atomic E-state index is 12.4. The van der Waals surface area contributed by atoms with Crippen LogP contribution in [0.5, 0.6) is 0 Å². The molecule has 24 heavy (non-hydrogen) atoms. The quantitative estimate of drug-likeness (QED) is 0.809. The third-order valence-corrected chi connectivity index (χ3v) is 4.62. The standard InChI is InChI=1S/C19H26N2O3/c1-15(18(24)21-12-10-19(2,14-22)11-13-21)20-17(23)9-8-16-6-4-3-5-7-16/h3-9,15,22H,10-14H2,1-2H3,(H,20,23)/b9-8+. The predicted octanol–water partition coefficient (Wildman–Crippen LogP) is 1.83. The highest BCUT2D eigenvalue weighted by atomic mass is 16.3. The molecular formula is C19H26N2O3. The Labute approximate surface area is 143 Å². The van der Waals surface area contributed by atoms with Crippen molar-refractivity contribution in [3.8, 4) is 0 Å². The number of aliphatic hydroxyl groups excluding tert-OH is 1. The molecule has 0 aromatic heterocycles. The van der Waals surface area contributed by atoms with E-state index in [1.54, 1.807) is 17.9 Å². The van der Waals surface area contributed by atoms with Crippen LogP contribution in [0.25, 0.3) is 6.08 Å². The molecule has 1 aliphatic heterocycles. The molecule has 1 heterocycles. The maximum atomic E-state index is 12.4. The van der Waals surface area contributed by atoms with Crippen molar-refractivity contribution in [3.05, 3.63) is 42.0 Å². The van der Waals surface area contributed by atoms with E-state index in [0.29, 0.717) is 13.1 Å². The van der Waals surface area contributed by atoms with Crippen LogP contribution < -0.4 is 5.32 Å². The van der Waals surface area contributed by atoms with E-state index in [2.05, 4.69) is 5.32 Å². The smallest absolute Gasteiger partial charge is 0.244 e. The summed E-state index contributed by atoms with van der Waals surface area (Å²) < 4.78 is 0. The monoisotopic (exact) mass is 330 g/mol. The van der Waals surface area contributed by atoms with Gasteiger partial charge in [0.25, 0.3) is 0 Å². The fourth-order valence-corrected chi connectivity index (χ4v) is 2.76. The first-order valence-electron chi connectivity index (χ1n) is 8.37. The van der Waals surface area contributed by atoms with E-state index in [1.807, 2.05) is 37.3 Å². The third kappa shape index (κ3) is 4.93. The summed E-state index contributed by atoms with van der Waals surface area (Å²) in [6.45, 7) is 5.13. The molecule has 1 aromatic rings. The van der Waals surface area contributed by atoms with Crippen LogP contribution >= 0.6 is 0 Å². The largest absolute Gasteiger partial charge is 0.396 e. The molecular weight excluding hydrogens is 304 g/mol. The van der Waals surface area contributed by atoms with E-state index in [9.17, 15) is 14.7 Å². The highest BCUT2D eigenvalue weighted by molar-refractivity contribution is 5.95. The Kier molecular flexibility index (Phi) is 6.15. The molecule has 5 heteroatoms. The van der Waals surface area contributed by atoms with Crippen LogP contribution in [0.4, 0.5) is 0 Å². The average molecular weight is 330 g/mol. The number of carbonyl (C=O) groups is 2. The second kappa shape index (κ2) is 8.11. The van der Waals surface area contributed by atoms with Gasteiger partial charge in [0, 0.05) is 25.8 Å². The number of hydrogen-bond acceptors (Lipinski definition) is 3. The first kappa shape index (κ1) is 18.2. The van der Waals surface area contributed by atoms with Crippen LogP contribution in [-0.4, -0.2) is 47.6 Å². The molecule has 1 atom stereocenters. The summed E-state index contributed by atoms with van der Waals surface area (Å²) in [4.78, 5) is 26.2. The molecule has 0 bridgehead atoms. The molecule has 0 saturated carbocycles. The van der Waals surface area contributed by atoms with Gasteiger partial charge in [0.15, 0.2) is 0 Å². The first-order chi connectivity index (χ1) is 11.4. The van der Waals surface area contributed by atoms with Gasteiger partial charge in [-0.25, -0.2) is 0 Å². The SMILES string of the molecule is CC(NC(=O)/C=C/c1ccccc1)C(=O)N1CCC(C)(CO)CC1. The Bertz CT molecular complexity index is 590. The highest BCUT2D eigenvalue weighted by Crippen LogP contribution is 2.30. The van der Waals surface area contributed by atoms with Crippen molar-refractivity contribution in [1.29, 1.82) is 0 Å². The van der Waals surface area contributed by atoms with Crippen molar-refractivity contribution in [3.63, 3.8) is 0 Å². The second-order valence-electron chi connectivity index (χ2n) is 6.77. The summed E-state index contributed by atoms with van der Waals surface area (Å²) in [6.07, 6.45) is 4.73. The van der Waals surface area contributed by atoms with Gasteiger partial charge in [-0.3, -0.25) is 9.59 Å². The fourth-order valence-electron chi connectivity index (χ4n) is 2.76. The number of aliphatic hydroxyl groups is 1. The van der Waals surface area contributed by atoms with Crippen molar-refractivity contribution >= 4 is 17.9 Å². The predicted molar refractivity (Wildman–Crippen MR) is 94.1 cm³/mol. The van der Waals surface area contributed by atoms with Gasteiger partial charge in [-0.15, -0.1) is 0 Å². The zero-order valence-electron chi connectivity index (χ0n) is 14.4. The van der Waals surface area contributed by atoms with E-state index in [-0.39, 0.29) is 23.8 Å². The van der Waals surface area contributed by atoms with Gasteiger partial charge in [-0.2, -0.15) is 0 Å². The lowest BCUT2D eigenvalue weighted by Gasteiger charge is -2.39. The second-order valence-corrected chi connectivity index (χ2v) is 6.77. The summed E-state index contributed by atoms with van der Waals surface area (Å²) in [5.41, 5.74) is 0.841. The summed E-state index contributed by atoms with van der Waals surface area (Å²) >= 11 is 0. The van der Waals surface area contributed by atoms with E-state index in [0.717, 1.165) is 18.4 Å². The molecule has 1 unspecified atom stereocenters. The molecule has 1 aromatic carbocycles. The topological polar surface area (TPSA) is 69.6 Å². The Morgan fingerprint density at radius 2 is 1.92 bits per heavy atom. The molecule has 1 aliphatic rings. The van der Waals surface area contributed by atoms with Crippen LogP contribution in [0.3, 0.4) is 0 Å². The van der Waals surface area contributed by atoms with Crippen molar-refractivity contribution in [2.45, 2.75) is 32.7 Å². The Morgan fingerprint density at radius 1 is 1.29 bits per heavy atom. The lowest BCUT2D eigenvalue weighted by molar-refractivity contribution is -0.137. The molecule has 2 rings (SSSR count). The molecule has 130 valence electrons. The summed E-state index contributed by atoms with van der Waals surface area (Å²) in [5, 5.41) is 12.1. The lowest BCUT2D eigenvalue weighted by Crippen LogP contribution is -2.50. The molecule has 0 aliphatic carbocycles. The van der Waals surface area contributed by atoms with Crippen molar-refractivity contribution < 1.29 is 14.7 Å². The number of piperidine rings is 1. The zero-order valence-corrected chi connectivity index (χ0v) is 14.4. The molecule has 5 nitrogen and oxygen atoms in total. The number of rotatable bonds is 5. The minimum Gasteiger partial charge on any atom is -0.396 e. The zero-order chi connectivity index (χ0) is 17.6. The Morgan fingerprint density at radius 3 is 2.50 bits per heavy atom. The third-order valence-electron chi connectivity index (χ3n) is 4.62. The average Bonchev–Trinajstić information content (AvgIpc) is 2.61. The van der Waals surface area contributed by atoms with E-state index < -0.39 is 6.04 Å². The molecule has 0 spiro atoms. The summed E-state index contributed by atoms with van der Waals surface area (Å²) in [6, 6.07) is 8.98. The van der Waals surface area contributed by atoms with Crippen LogP contribution in [0, 0.1) is 5.41 Å². The lowest BCUT2D eigenvalue weighted by atomic mass is 9.81. The molecule has 1 saturated heterocycles. The van der Waals surface area contributed by atoms with Gasteiger partial charge in [-0.05, 0) is 36.8 Å². The number of nitrogens with zero attached hydrogens (tertiary/aromatic N) is 1. The summed E-state index contributed by atoms with van der Waals surface area (Å²) in [5.74, 6) is -0.353. The van der Waals surface area contributed by atoms with Gasteiger partial charge in [0.2, 0.25) is 11.8 Å². The molecule has 2 amide bonds. The Hall–Kier alpha value is -2.14. The fraction of sp³-hybridized carbons (Fsp3) is 0.474. The molecule has 0 radical (unpaired) electrons. The van der Waals surface area contributed by atoms with Gasteiger partial charge in [-0.1, -0.05) is 37.3 Å². The van der Waals surface area contributed by atoms with Crippen molar-refractivity contribution in [2.24, 2.45) is 5.41 Å². The minimum atomic E-state index is -0.559. The molecule has 1 fully saturated rings. The van der Waals surface area contributed by atoms with Crippen LogP contribution in [0.2, 0.25) is 0 Å². The number of benzene rings is 1. The number of likely N-dealkylation sites (tertiary alicyclic amines) is 1. The number of nitrogens with one attached hydrogen (secondary N) is 1. The van der Waals surface area contributed by atoms with Gasteiger partial charge in [0.05, 0.1) is 0 Å². The Balaban J connectivity index is 1.83. The van der Waals surface area contributed by atoms with Crippen molar-refractivity contribution in [1.82, 2.24) is 10.2 Å². The van der Waals surface area contributed by atoms with E-state index in [1.165, 1.54) is 6.08 Å². The first-order valence-corrected chi connectivity index (χ1v) is 8.37. The van der Waals surface area contributed by atoms with Crippen molar-refractivity contribution in [2.75, 3.05) is 19.7 Å². The van der Waals surface area contributed by atoms with E-state index >= 15 is 0 Å². The number of amides is 2. The van der Waals surface area contributed by atoms with Gasteiger partial charge in [0.1, 0.15) is 6.04 Å². The van der Waals surface area contributed by atoms with Crippen LogP contribution in [0.15, 0.2) is 36.4 Å². The van der Waals surface area contributed by atoms with Crippen LogP contribution in [0.1, 0.15) is 32.3 Å². The van der Waals surface area contributed by atoms with Crippen LogP contribution in [-0.2, 0) is 9.59 Å². The maximum Gasteiger partial charge on any atom is 0.244 e. The number of carbonyl (C=O) groups excluding carboxylic acids is 2.